The Labute approximate surface area is 80.0 Å². The van der Waals surface area contributed by atoms with Crippen LogP contribution in [-0.2, 0) is 9.53 Å². The summed E-state index contributed by atoms with van der Waals surface area (Å²) < 4.78 is 5.11. The Morgan fingerprint density at radius 2 is 2.23 bits per heavy atom. The first-order valence-corrected chi connectivity index (χ1v) is 4.93. The van der Waals surface area contributed by atoms with Gasteiger partial charge in [0.1, 0.15) is 0 Å². The highest BCUT2D eigenvalue weighted by atomic mass is 16.5. The third-order valence-electron chi connectivity index (χ3n) is 2.67. The van der Waals surface area contributed by atoms with Crippen molar-refractivity contribution in [3.05, 3.63) is 11.8 Å². The molecule has 2 nitrogen and oxygen atoms in total. The van der Waals surface area contributed by atoms with Crippen molar-refractivity contribution >= 4 is 5.78 Å². The summed E-state index contributed by atoms with van der Waals surface area (Å²) in [7, 11) is 1.63. The summed E-state index contributed by atoms with van der Waals surface area (Å²) in [6.07, 6.45) is 4.65. The molecule has 0 amide bonds. The van der Waals surface area contributed by atoms with E-state index in [0.717, 1.165) is 25.0 Å². The molecule has 2 heteroatoms. The van der Waals surface area contributed by atoms with Crippen molar-refractivity contribution in [3.63, 3.8) is 0 Å². The summed E-state index contributed by atoms with van der Waals surface area (Å²) in [6.45, 7) is 4.21. The number of methoxy groups -OCH3 is 1. The standard InChI is InChI=1S/C11H18O2/c1-8(2)10-6-4-5-9(13-3)7-11(10)12/h7-8,10H,4-6H2,1-3H3. The lowest BCUT2D eigenvalue weighted by Gasteiger charge is -2.15. The van der Waals surface area contributed by atoms with Crippen LogP contribution in [0.1, 0.15) is 33.1 Å². The Balaban J connectivity index is 2.73. The molecule has 0 aromatic heterocycles. The fraction of sp³-hybridized carbons (Fsp3) is 0.727. The maximum absolute atomic E-state index is 11.7. The van der Waals surface area contributed by atoms with E-state index in [1.54, 1.807) is 13.2 Å². The molecule has 13 heavy (non-hydrogen) atoms. The molecule has 74 valence electrons. The lowest BCUT2D eigenvalue weighted by molar-refractivity contribution is -0.119. The van der Waals surface area contributed by atoms with Crippen LogP contribution in [0, 0.1) is 11.8 Å². The molecule has 0 saturated carbocycles. The van der Waals surface area contributed by atoms with Gasteiger partial charge in [-0.1, -0.05) is 13.8 Å². The largest absolute Gasteiger partial charge is 0.501 e. The van der Waals surface area contributed by atoms with Gasteiger partial charge >= 0.3 is 0 Å². The van der Waals surface area contributed by atoms with Gasteiger partial charge in [-0.25, -0.2) is 0 Å². The lowest BCUT2D eigenvalue weighted by atomic mass is 9.88. The number of carbonyl (C=O) groups is 1. The van der Waals surface area contributed by atoms with Crippen LogP contribution >= 0.6 is 0 Å². The van der Waals surface area contributed by atoms with E-state index in [4.69, 9.17) is 4.74 Å². The molecule has 0 N–H and O–H groups in total. The van der Waals surface area contributed by atoms with E-state index >= 15 is 0 Å². The van der Waals surface area contributed by atoms with Crippen molar-refractivity contribution in [1.29, 1.82) is 0 Å². The van der Waals surface area contributed by atoms with Gasteiger partial charge in [0.25, 0.3) is 0 Å². The molecule has 0 saturated heterocycles. The molecule has 0 aromatic rings. The second-order valence-electron chi connectivity index (χ2n) is 3.96. The highest BCUT2D eigenvalue weighted by Gasteiger charge is 2.23. The van der Waals surface area contributed by atoms with Gasteiger partial charge in [0.15, 0.2) is 5.78 Å². The van der Waals surface area contributed by atoms with E-state index in [1.165, 1.54) is 0 Å². The van der Waals surface area contributed by atoms with Crippen LogP contribution in [0.15, 0.2) is 11.8 Å². The quantitative estimate of drug-likeness (QED) is 0.656. The topological polar surface area (TPSA) is 26.3 Å². The van der Waals surface area contributed by atoms with Crippen molar-refractivity contribution in [2.24, 2.45) is 11.8 Å². The highest BCUT2D eigenvalue weighted by molar-refractivity contribution is 5.92. The van der Waals surface area contributed by atoms with Crippen LogP contribution in [0.2, 0.25) is 0 Å². The second kappa shape index (κ2) is 4.45. The van der Waals surface area contributed by atoms with Gasteiger partial charge in [-0.05, 0) is 18.8 Å². The zero-order valence-electron chi connectivity index (χ0n) is 8.67. The van der Waals surface area contributed by atoms with Crippen molar-refractivity contribution < 1.29 is 9.53 Å². The van der Waals surface area contributed by atoms with Crippen LogP contribution in [0.3, 0.4) is 0 Å². The van der Waals surface area contributed by atoms with Crippen LogP contribution in [0.25, 0.3) is 0 Å². The van der Waals surface area contributed by atoms with Gasteiger partial charge in [0.05, 0.1) is 12.9 Å². The Kier molecular flexibility index (Phi) is 3.52. The van der Waals surface area contributed by atoms with Crippen molar-refractivity contribution in [1.82, 2.24) is 0 Å². The summed E-state index contributed by atoms with van der Waals surface area (Å²) in [5.41, 5.74) is 0. The summed E-state index contributed by atoms with van der Waals surface area (Å²) >= 11 is 0. The fourth-order valence-electron chi connectivity index (χ4n) is 1.80. The molecular weight excluding hydrogens is 164 g/mol. The predicted molar refractivity (Wildman–Crippen MR) is 52.3 cm³/mol. The molecule has 0 bridgehead atoms. The van der Waals surface area contributed by atoms with Crippen LogP contribution in [0.4, 0.5) is 0 Å². The number of hydrogen-bond acceptors (Lipinski definition) is 2. The molecule has 1 unspecified atom stereocenters. The molecule has 1 rings (SSSR count). The number of carbonyl (C=O) groups excluding carboxylic acids is 1. The Bertz CT molecular complexity index is 216. The first-order chi connectivity index (χ1) is 6.15. The number of hydrogen-bond donors (Lipinski definition) is 0. The zero-order chi connectivity index (χ0) is 9.84. The van der Waals surface area contributed by atoms with Gasteiger partial charge in [-0.2, -0.15) is 0 Å². The van der Waals surface area contributed by atoms with E-state index < -0.39 is 0 Å². The van der Waals surface area contributed by atoms with Crippen molar-refractivity contribution in [3.8, 4) is 0 Å². The van der Waals surface area contributed by atoms with E-state index in [2.05, 4.69) is 13.8 Å². The molecule has 0 spiro atoms. The number of ketones is 1. The Hall–Kier alpha value is -0.790. The Morgan fingerprint density at radius 3 is 2.77 bits per heavy atom. The first kappa shape index (κ1) is 10.3. The highest BCUT2D eigenvalue weighted by Crippen LogP contribution is 2.25. The Morgan fingerprint density at radius 1 is 1.54 bits per heavy atom. The van der Waals surface area contributed by atoms with E-state index in [1.807, 2.05) is 0 Å². The predicted octanol–water partition coefficient (Wildman–Crippen LogP) is 2.54. The fourth-order valence-corrected chi connectivity index (χ4v) is 1.80. The minimum atomic E-state index is 0.202. The molecule has 0 radical (unpaired) electrons. The van der Waals surface area contributed by atoms with Gasteiger partial charge in [0.2, 0.25) is 0 Å². The third-order valence-corrected chi connectivity index (χ3v) is 2.67. The van der Waals surface area contributed by atoms with E-state index in [9.17, 15) is 4.79 Å². The van der Waals surface area contributed by atoms with Crippen molar-refractivity contribution in [2.75, 3.05) is 7.11 Å². The lowest BCUT2D eigenvalue weighted by Crippen LogP contribution is -2.17. The number of rotatable bonds is 2. The number of allylic oxidation sites excluding steroid dienone is 2. The molecule has 0 fully saturated rings. The van der Waals surface area contributed by atoms with Gasteiger partial charge in [-0.15, -0.1) is 0 Å². The molecule has 1 aliphatic carbocycles. The van der Waals surface area contributed by atoms with Gasteiger partial charge in [-0.3, -0.25) is 4.79 Å². The second-order valence-corrected chi connectivity index (χ2v) is 3.96. The zero-order valence-corrected chi connectivity index (χ0v) is 8.67. The SMILES string of the molecule is COC1=CC(=O)C(C(C)C)CCC1. The monoisotopic (exact) mass is 182 g/mol. The van der Waals surface area contributed by atoms with E-state index in [-0.39, 0.29) is 11.7 Å². The first-order valence-electron chi connectivity index (χ1n) is 4.93. The van der Waals surface area contributed by atoms with Gasteiger partial charge in [0, 0.05) is 18.4 Å². The normalized spacial score (nSPS) is 24.2. The van der Waals surface area contributed by atoms with Gasteiger partial charge < -0.3 is 4.74 Å². The summed E-state index contributed by atoms with van der Waals surface area (Å²) in [5, 5.41) is 0. The number of ether oxygens (including phenoxy) is 1. The molecule has 0 heterocycles. The minimum Gasteiger partial charge on any atom is -0.501 e. The van der Waals surface area contributed by atoms with Crippen LogP contribution in [-0.4, -0.2) is 12.9 Å². The minimum absolute atomic E-state index is 0.202. The van der Waals surface area contributed by atoms with Crippen molar-refractivity contribution in [2.45, 2.75) is 33.1 Å². The maximum atomic E-state index is 11.7. The maximum Gasteiger partial charge on any atom is 0.162 e. The smallest absolute Gasteiger partial charge is 0.162 e. The molecule has 1 atom stereocenters. The average molecular weight is 182 g/mol. The molecule has 0 aromatic carbocycles. The van der Waals surface area contributed by atoms with Crippen LogP contribution in [0.5, 0.6) is 0 Å². The molecular formula is C11H18O2. The molecule has 0 aliphatic heterocycles. The van der Waals surface area contributed by atoms with Crippen LogP contribution < -0.4 is 0 Å². The third kappa shape index (κ3) is 2.58. The van der Waals surface area contributed by atoms with E-state index in [0.29, 0.717) is 5.92 Å². The summed E-state index contributed by atoms with van der Waals surface area (Å²) in [6, 6.07) is 0. The summed E-state index contributed by atoms with van der Waals surface area (Å²) in [4.78, 5) is 11.7. The average Bonchev–Trinajstić information content (AvgIpc) is 2.26. The molecule has 1 aliphatic rings. The summed E-state index contributed by atoms with van der Waals surface area (Å²) in [5.74, 6) is 1.73.